The lowest BCUT2D eigenvalue weighted by Gasteiger charge is -2.08. The van der Waals surface area contributed by atoms with Gasteiger partial charge < -0.3 is 14.6 Å². The molecule has 1 rings (SSSR count). The number of nitrogens with zero attached hydrogens (tertiary/aromatic N) is 2. The lowest BCUT2D eigenvalue weighted by atomic mass is 10.2. The number of alkyl halides is 3. The van der Waals surface area contributed by atoms with Gasteiger partial charge in [-0.3, -0.25) is 4.79 Å². The first-order chi connectivity index (χ1) is 11.2. The zero-order valence-electron chi connectivity index (χ0n) is 12.6. The quantitative estimate of drug-likeness (QED) is 0.382. The molecule has 130 valence electrons. The Morgan fingerprint density at radius 2 is 1.79 bits per heavy atom. The Morgan fingerprint density at radius 3 is 2.33 bits per heavy atom. The summed E-state index contributed by atoms with van der Waals surface area (Å²) >= 11 is 0. The Bertz CT molecular complexity index is 683. The summed E-state index contributed by atoms with van der Waals surface area (Å²) in [5, 5.41) is 16.4. The first-order valence-corrected chi connectivity index (χ1v) is 6.36. The van der Waals surface area contributed by atoms with E-state index < -0.39 is 47.2 Å². The molecule has 10 heteroatoms. The van der Waals surface area contributed by atoms with Crippen molar-refractivity contribution in [2.24, 2.45) is 10.2 Å². The Morgan fingerprint density at radius 1 is 1.17 bits per heavy atom. The number of benzene rings is 1. The topological polar surface area (TPSA) is 97.5 Å². The molecule has 0 bridgehead atoms. The van der Waals surface area contributed by atoms with Crippen LogP contribution in [-0.2, 0) is 25.2 Å². The van der Waals surface area contributed by atoms with Gasteiger partial charge in [0.1, 0.15) is 12.2 Å². The van der Waals surface area contributed by atoms with Crippen molar-refractivity contribution in [2.45, 2.75) is 12.6 Å². The summed E-state index contributed by atoms with van der Waals surface area (Å²) in [5.41, 5.74) is -2.46. The molecule has 0 heterocycles. The molecule has 0 atom stereocenters. The maximum absolute atomic E-state index is 12.9. The maximum atomic E-state index is 12.9. The van der Waals surface area contributed by atoms with E-state index in [1.54, 1.807) is 0 Å². The first kappa shape index (κ1) is 19.1. The predicted octanol–water partition coefficient (Wildman–Crippen LogP) is 3.29. The van der Waals surface area contributed by atoms with Gasteiger partial charge in [0.05, 0.1) is 25.5 Å². The van der Waals surface area contributed by atoms with Gasteiger partial charge in [-0.25, -0.2) is 4.79 Å². The fourth-order valence-electron chi connectivity index (χ4n) is 1.51. The molecule has 0 spiro atoms. The summed E-state index contributed by atoms with van der Waals surface area (Å²) in [5.74, 6) is -2.91. The third-order valence-electron chi connectivity index (χ3n) is 2.66. The highest BCUT2D eigenvalue weighted by Crippen LogP contribution is 2.36. The minimum atomic E-state index is -4.68. The van der Waals surface area contributed by atoms with E-state index in [9.17, 15) is 27.9 Å². The SMILES string of the molecule is COC(=O)C/C(O)=C(/N=Nc1ccccc1C(F)(F)F)C(=O)OC. The van der Waals surface area contributed by atoms with Gasteiger partial charge >= 0.3 is 18.1 Å². The van der Waals surface area contributed by atoms with Crippen LogP contribution >= 0.6 is 0 Å². The molecule has 0 radical (unpaired) electrons. The second-order valence-electron chi connectivity index (χ2n) is 4.25. The minimum absolute atomic E-state index is 0.572. The standard InChI is InChI=1S/C14H13F3N2O5/c1-23-11(21)7-10(20)12(13(22)24-2)19-18-9-6-4-3-5-8(9)14(15,16)17/h3-6,20H,7H2,1-2H3/b12-10-,19-18?. The molecule has 0 aliphatic heterocycles. The summed E-state index contributed by atoms with van der Waals surface area (Å²) in [7, 11) is 2.02. The molecule has 0 fully saturated rings. The molecule has 0 saturated heterocycles. The van der Waals surface area contributed by atoms with Gasteiger partial charge in [-0.1, -0.05) is 12.1 Å². The van der Waals surface area contributed by atoms with Gasteiger partial charge in [-0.15, -0.1) is 10.2 Å². The number of azo groups is 1. The molecule has 24 heavy (non-hydrogen) atoms. The average Bonchev–Trinajstić information content (AvgIpc) is 2.53. The molecule has 1 aromatic rings. The number of aliphatic hydroxyl groups excluding tert-OH is 1. The summed E-state index contributed by atoms with van der Waals surface area (Å²) in [4.78, 5) is 22.7. The van der Waals surface area contributed by atoms with Crippen molar-refractivity contribution in [1.82, 2.24) is 0 Å². The van der Waals surface area contributed by atoms with E-state index in [0.29, 0.717) is 0 Å². The van der Waals surface area contributed by atoms with Gasteiger partial charge in [0.2, 0.25) is 5.70 Å². The van der Waals surface area contributed by atoms with Crippen LogP contribution in [0, 0.1) is 0 Å². The van der Waals surface area contributed by atoms with E-state index in [1.165, 1.54) is 6.07 Å². The summed E-state index contributed by atoms with van der Waals surface area (Å²) in [6.45, 7) is 0. The number of halogens is 3. The van der Waals surface area contributed by atoms with Crippen molar-refractivity contribution in [3.05, 3.63) is 41.3 Å². The van der Waals surface area contributed by atoms with Crippen LogP contribution in [0.1, 0.15) is 12.0 Å². The van der Waals surface area contributed by atoms with E-state index >= 15 is 0 Å². The van der Waals surface area contributed by atoms with Crippen LogP contribution in [0.15, 0.2) is 46.0 Å². The summed E-state index contributed by atoms with van der Waals surface area (Å²) in [6.07, 6.45) is -5.40. The summed E-state index contributed by atoms with van der Waals surface area (Å²) in [6, 6.07) is 4.26. The molecule has 0 aromatic heterocycles. The van der Waals surface area contributed by atoms with Gasteiger partial charge in [-0.2, -0.15) is 13.2 Å². The van der Waals surface area contributed by atoms with Crippen molar-refractivity contribution in [3.8, 4) is 0 Å². The molecule has 7 nitrogen and oxygen atoms in total. The van der Waals surface area contributed by atoms with Crippen LogP contribution in [-0.4, -0.2) is 31.3 Å². The number of rotatable bonds is 5. The van der Waals surface area contributed by atoms with E-state index in [-0.39, 0.29) is 0 Å². The van der Waals surface area contributed by atoms with E-state index in [1.807, 2.05) is 0 Å². The van der Waals surface area contributed by atoms with E-state index in [0.717, 1.165) is 32.4 Å². The van der Waals surface area contributed by atoms with Crippen LogP contribution in [0.3, 0.4) is 0 Å². The minimum Gasteiger partial charge on any atom is -0.509 e. The maximum Gasteiger partial charge on any atom is 0.418 e. The molecule has 0 saturated carbocycles. The molecule has 0 aliphatic carbocycles. The highest BCUT2D eigenvalue weighted by molar-refractivity contribution is 5.89. The molecular weight excluding hydrogens is 333 g/mol. The molecule has 0 aliphatic rings. The lowest BCUT2D eigenvalue weighted by Crippen LogP contribution is -2.10. The number of methoxy groups -OCH3 is 2. The third-order valence-corrected chi connectivity index (χ3v) is 2.66. The fourth-order valence-corrected chi connectivity index (χ4v) is 1.51. The first-order valence-electron chi connectivity index (χ1n) is 6.36. The number of ether oxygens (including phenoxy) is 2. The number of esters is 2. The Hall–Kier alpha value is -2.91. The van der Waals surface area contributed by atoms with E-state index in [2.05, 4.69) is 19.7 Å². The van der Waals surface area contributed by atoms with Crippen LogP contribution in [0.25, 0.3) is 0 Å². The van der Waals surface area contributed by atoms with Crippen molar-refractivity contribution < 1.29 is 37.3 Å². The molecule has 0 amide bonds. The summed E-state index contributed by atoms with van der Waals surface area (Å²) < 4.78 is 47.2. The average molecular weight is 346 g/mol. The lowest BCUT2D eigenvalue weighted by molar-refractivity contribution is -0.140. The monoisotopic (exact) mass is 346 g/mol. The molecule has 0 unspecified atom stereocenters. The number of hydrogen-bond donors (Lipinski definition) is 1. The second-order valence-corrected chi connectivity index (χ2v) is 4.25. The van der Waals surface area contributed by atoms with Crippen LogP contribution in [0.2, 0.25) is 0 Å². The van der Waals surface area contributed by atoms with Gasteiger partial charge in [0.15, 0.2) is 0 Å². The number of aliphatic hydroxyl groups is 1. The van der Waals surface area contributed by atoms with Gasteiger partial charge in [0, 0.05) is 0 Å². The van der Waals surface area contributed by atoms with Crippen molar-refractivity contribution in [1.29, 1.82) is 0 Å². The van der Waals surface area contributed by atoms with Gasteiger partial charge in [-0.05, 0) is 12.1 Å². The predicted molar refractivity (Wildman–Crippen MR) is 74.3 cm³/mol. The molecule has 1 aromatic carbocycles. The highest BCUT2D eigenvalue weighted by atomic mass is 19.4. The zero-order chi connectivity index (χ0) is 18.3. The van der Waals surface area contributed by atoms with Crippen LogP contribution in [0.5, 0.6) is 0 Å². The number of carbonyl (C=O) groups excluding carboxylic acids is 2. The van der Waals surface area contributed by atoms with Crippen LogP contribution < -0.4 is 0 Å². The number of hydrogen-bond acceptors (Lipinski definition) is 7. The third kappa shape index (κ3) is 5.07. The van der Waals surface area contributed by atoms with Gasteiger partial charge in [0.25, 0.3) is 0 Å². The Labute approximate surface area is 134 Å². The van der Waals surface area contributed by atoms with Crippen LogP contribution in [0.4, 0.5) is 18.9 Å². The fraction of sp³-hybridized carbons (Fsp3) is 0.286. The molecular formula is C14H13F3N2O5. The smallest absolute Gasteiger partial charge is 0.418 e. The molecule has 1 N–H and O–H groups in total. The largest absolute Gasteiger partial charge is 0.509 e. The van der Waals surface area contributed by atoms with Crippen molar-refractivity contribution in [3.63, 3.8) is 0 Å². The van der Waals surface area contributed by atoms with Crippen molar-refractivity contribution in [2.75, 3.05) is 14.2 Å². The Kier molecular flexibility index (Phi) is 6.45. The Balaban J connectivity index is 3.26. The second kappa shape index (κ2) is 8.09. The highest BCUT2D eigenvalue weighted by Gasteiger charge is 2.33. The zero-order valence-corrected chi connectivity index (χ0v) is 12.6. The normalized spacial score (nSPS) is 12.7. The number of carbonyl (C=O) groups is 2. The van der Waals surface area contributed by atoms with Crippen molar-refractivity contribution >= 4 is 17.6 Å². The van der Waals surface area contributed by atoms with E-state index in [4.69, 9.17) is 0 Å².